The molecule has 0 saturated carbocycles. The number of carbonyl (C=O) groups is 1. The van der Waals surface area contributed by atoms with E-state index in [9.17, 15) is 9.90 Å². The molecule has 3 rings (SSSR count). The Morgan fingerprint density at radius 1 is 1.18 bits per heavy atom. The number of carboxylic acid groups (broad SMARTS) is 1. The smallest absolute Gasteiger partial charge is 0.373 e. The molecule has 0 spiro atoms. The van der Waals surface area contributed by atoms with Crippen molar-refractivity contribution in [1.29, 1.82) is 0 Å². The Bertz CT molecular complexity index is 747. The molecule has 0 bridgehead atoms. The largest absolute Gasteiger partial charge is 0.477 e. The fourth-order valence-corrected chi connectivity index (χ4v) is 2.87. The van der Waals surface area contributed by atoms with Gasteiger partial charge < -0.3 is 14.6 Å². The first kappa shape index (κ1) is 15.2. The predicted molar refractivity (Wildman–Crippen MR) is 82.5 cm³/mol. The molecule has 0 aromatic heterocycles. The summed E-state index contributed by atoms with van der Waals surface area (Å²) in [5.74, 6) is -0.778. The summed E-state index contributed by atoms with van der Waals surface area (Å²) in [4.78, 5) is 11.3. The minimum absolute atomic E-state index is 0.422. The molecule has 2 unspecified atom stereocenters. The molecule has 2 aromatic rings. The van der Waals surface area contributed by atoms with E-state index in [4.69, 9.17) is 32.7 Å². The van der Waals surface area contributed by atoms with Crippen LogP contribution in [0.5, 0.6) is 5.75 Å². The third-order valence-electron chi connectivity index (χ3n) is 3.61. The number of fused-ring (bicyclic) bond motifs is 1. The van der Waals surface area contributed by atoms with Crippen LogP contribution in [0.1, 0.15) is 18.1 Å². The summed E-state index contributed by atoms with van der Waals surface area (Å²) in [7, 11) is 0. The number of ether oxygens (including phenoxy) is 2. The van der Waals surface area contributed by atoms with Gasteiger partial charge in [0.1, 0.15) is 11.4 Å². The molecule has 0 amide bonds. The van der Waals surface area contributed by atoms with E-state index in [0.29, 0.717) is 21.4 Å². The minimum Gasteiger partial charge on any atom is -0.477 e. The second kappa shape index (κ2) is 5.47. The highest BCUT2D eigenvalue weighted by molar-refractivity contribution is 6.31. The number of halogens is 2. The van der Waals surface area contributed by atoms with Gasteiger partial charge in [-0.2, -0.15) is 0 Å². The number of aliphatic carboxylic acids is 1. The van der Waals surface area contributed by atoms with E-state index in [1.807, 2.05) is 6.07 Å². The van der Waals surface area contributed by atoms with Crippen molar-refractivity contribution in [2.75, 3.05) is 0 Å². The molecule has 1 aliphatic rings. The molecule has 4 nitrogen and oxygen atoms in total. The summed E-state index contributed by atoms with van der Waals surface area (Å²) in [5, 5.41) is 10.3. The van der Waals surface area contributed by atoms with Gasteiger partial charge in [0, 0.05) is 15.6 Å². The third kappa shape index (κ3) is 2.54. The first-order valence-electron chi connectivity index (χ1n) is 6.53. The molecular formula is C16H12Cl2O4. The van der Waals surface area contributed by atoms with E-state index < -0.39 is 17.9 Å². The van der Waals surface area contributed by atoms with E-state index in [0.717, 1.165) is 5.56 Å². The molecular weight excluding hydrogens is 327 g/mol. The first-order valence-corrected chi connectivity index (χ1v) is 7.29. The van der Waals surface area contributed by atoms with Crippen molar-refractivity contribution in [3.8, 4) is 5.75 Å². The Labute approximate surface area is 137 Å². The van der Waals surface area contributed by atoms with E-state index in [1.54, 1.807) is 43.3 Å². The number of benzene rings is 2. The van der Waals surface area contributed by atoms with Gasteiger partial charge in [-0.25, -0.2) is 4.79 Å². The number of carboxylic acids is 1. The Morgan fingerprint density at radius 3 is 2.59 bits per heavy atom. The average molecular weight is 339 g/mol. The fraction of sp³-hybridized carbons (Fsp3) is 0.188. The van der Waals surface area contributed by atoms with Gasteiger partial charge in [-0.15, -0.1) is 0 Å². The van der Waals surface area contributed by atoms with Crippen LogP contribution < -0.4 is 4.74 Å². The Kier molecular flexibility index (Phi) is 3.77. The maximum atomic E-state index is 11.3. The topological polar surface area (TPSA) is 55.8 Å². The van der Waals surface area contributed by atoms with Gasteiger partial charge in [0.2, 0.25) is 0 Å². The summed E-state index contributed by atoms with van der Waals surface area (Å²) >= 11 is 12.1. The molecule has 0 saturated heterocycles. The molecule has 1 heterocycles. The quantitative estimate of drug-likeness (QED) is 0.896. The van der Waals surface area contributed by atoms with Crippen molar-refractivity contribution < 1.29 is 19.4 Å². The fourth-order valence-electron chi connectivity index (χ4n) is 2.50. The van der Waals surface area contributed by atoms with Gasteiger partial charge >= 0.3 is 5.97 Å². The van der Waals surface area contributed by atoms with Crippen molar-refractivity contribution in [1.82, 2.24) is 0 Å². The molecule has 1 N–H and O–H groups in total. The van der Waals surface area contributed by atoms with Crippen LogP contribution in [0.4, 0.5) is 0 Å². The third-order valence-corrected chi connectivity index (χ3v) is 4.08. The standard InChI is InChI=1S/C16H12Cl2O4/c1-16(9-3-2-4-10(17)7-9)12-8-11(18)5-6-13(12)21-15(22-16)14(19)20/h2-8,15H,1H3,(H,19,20). The van der Waals surface area contributed by atoms with Gasteiger partial charge in [0.05, 0.1) is 0 Å². The lowest BCUT2D eigenvalue weighted by Gasteiger charge is -2.39. The maximum Gasteiger partial charge on any atom is 0.373 e. The van der Waals surface area contributed by atoms with E-state index in [1.165, 1.54) is 0 Å². The van der Waals surface area contributed by atoms with Crippen LogP contribution in [0.15, 0.2) is 42.5 Å². The highest BCUT2D eigenvalue weighted by Gasteiger charge is 2.43. The second-order valence-corrected chi connectivity index (χ2v) is 5.96. The van der Waals surface area contributed by atoms with Crippen LogP contribution in [-0.2, 0) is 15.1 Å². The second-order valence-electron chi connectivity index (χ2n) is 5.09. The zero-order valence-electron chi connectivity index (χ0n) is 11.5. The van der Waals surface area contributed by atoms with Gasteiger partial charge in [-0.05, 0) is 42.8 Å². The predicted octanol–water partition coefficient (Wildman–Crippen LogP) is 4.08. The summed E-state index contributed by atoms with van der Waals surface area (Å²) in [5.41, 5.74) is 0.338. The van der Waals surface area contributed by atoms with Crippen LogP contribution in [0.25, 0.3) is 0 Å². The van der Waals surface area contributed by atoms with E-state index in [-0.39, 0.29) is 0 Å². The maximum absolute atomic E-state index is 11.3. The number of hydrogen-bond donors (Lipinski definition) is 1. The molecule has 0 fully saturated rings. The molecule has 22 heavy (non-hydrogen) atoms. The zero-order valence-corrected chi connectivity index (χ0v) is 13.1. The van der Waals surface area contributed by atoms with E-state index in [2.05, 4.69) is 0 Å². The van der Waals surface area contributed by atoms with Crippen LogP contribution in [0.3, 0.4) is 0 Å². The van der Waals surface area contributed by atoms with Crippen molar-refractivity contribution in [2.24, 2.45) is 0 Å². The molecule has 0 radical (unpaired) electrons. The summed E-state index contributed by atoms with van der Waals surface area (Å²) in [6, 6.07) is 12.1. The summed E-state index contributed by atoms with van der Waals surface area (Å²) in [6.07, 6.45) is -1.40. The highest BCUT2D eigenvalue weighted by Crippen LogP contribution is 2.44. The van der Waals surface area contributed by atoms with Gasteiger partial charge in [-0.1, -0.05) is 35.3 Å². The number of hydrogen-bond acceptors (Lipinski definition) is 3. The monoisotopic (exact) mass is 338 g/mol. The Hall–Kier alpha value is -1.75. The highest BCUT2D eigenvalue weighted by atomic mass is 35.5. The van der Waals surface area contributed by atoms with Crippen molar-refractivity contribution in [3.05, 3.63) is 63.6 Å². The number of rotatable bonds is 2. The molecule has 2 aromatic carbocycles. The van der Waals surface area contributed by atoms with Crippen LogP contribution in [0.2, 0.25) is 10.0 Å². The molecule has 2 atom stereocenters. The molecule has 0 aliphatic carbocycles. The molecule has 6 heteroatoms. The van der Waals surface area contributed by atoms with Crippen molar-refractivity contribution in [3.63, 3.8) is 0 Å². The zero-order chi connectivity index (χ0) is 15.9. The first-order chi connectivity index (χ1) is 10.4. The molecule has 1 aliphatic heterocycles. The van der Waals surface area contributed by atoms with E-state index >= 15 is 0 Å². The lowest BCUT2D eigenvalue weighted by molar-refractivity contribution is -0.201. The van der Waals surface area contributed by atoms with Crippen molar-refractivity contribution >= 4 is 29.2 Å². The summed E-state index contributed by atoms with van der Waals surface area (Å²) in [6.45, 7) is 1.77. The Morgan fingerprint density at radius 2 is 1.91 bits per heavy atom. The van der Waals surface area contributed by atoms with Gasteiger partial charge in [-0.3, -0.25) is 0 Å². The van der Waals surface area contributed by atoms with Crippen LogP contribution in [0, 0.1) is 0 Å². The lowest BCUT2D eigenvalue weighted by Crippen LogP contribution is -2.44. The summed E-state index contributed by atoms with van der Waals surface area (Å²) < 4.78 is 11.1. The minimum atomic E-state index is -1.40. The normalized spacial score (nSPS) is 23.5. The Balaban J connectivity index is 2.20. The average Bonchev–Trinajstić information content (AvgIpc) is 2.47. The van der Waals surface area contributed by atoms with Crippen LogP contribution >= 0.6 is 23.2 Å². The van der Waals surface area contributed by atoms with Crippen LogP contribution in [-0.4, -0.2) is 17.4 Å². The lowest BCUT2D eigenvalue weighted by atomic mass is 9.86. The van der Waals surface area contributed by atoms with Gasteiger partial charge in [0.25, 0.3) is 6.29 Å². The molecule has 114 valence electrons. The van der Waals surface area contributed by atoms with Gasteiger partial charge in [0.15, 0.2) is 0 Å². The van der Waals surface area contributed by atoms with Crippen molar-refractivity contribution in [2.45, 2.75) is 18.8 Å². The SMILES string of the molecule is CC1(c2cccc(Cl)c2)OC(C(=O)O)Oc2ccc(Cl)cc21.